The van der Waals surface area contributed by atoms with Gasteiger partial charge in [-0.2, -0.15) is 21.1 Å². The van der Waals surface area contributed by atoms with Gasteiger partial charge in [0.25, 0.3) is 20.2 Å². The normalized spacial score (nSPS) is 12.6. The topological polar surface area (TPSA) is 124 Å². The summed E-state index contributed by atoms with van der Waals surface area (Å²) in [6, 6.07) is 18.2. The van der Waals surface area contributed by atoms with Crippen LogP contribution in [0.1, 0.15) is 16.7 Å². The van der Waals surface area contributed by atoms with Crippen LogP contribution in [0.25, 0.3) is 0 Å². The van der Waals surface area contributed by atoms with Crippen molar-refractivity contribution in [3.05, 3.63) is 89.5 Å². The largest absolute Gasteiger partial charge is 0.297 e. The number of sulfonamides is 1. The highest BCUT2D eigenvalue weighted by Crippen LogP contribution is 2.19. The summed E-state index contributed by atoms with van der Waals surface area (Å²) in [5, 5.41) is 0. The maximum Gasteiger partial charge on any atom is 0.297 e. The lowest BCUT2D eigenvalue weighted by Crippen LogP contribution is -2.37. The van der Waals surface area contributed by atoms with Crippen molar-refractivity contribution in [2.75, 3.05) is 26.3 Å². The molecule has 0 radical (unpaired) electrons. The van der Waals surface area contributed by atoms with Crippen LogP contribution in [0.4, 0.5) is 0 Å². The molecule has 3 aromatic carbocycles. The lowest BCUT2D eigenvalue weighted by molar-refractivity contribution is 0.242. The van der Waals surface area contributed by atoms with Crippen molar-refractivity contribution in [1.29, 1.82) is 0 Å². The zero-order chi connectivity index (χ0) is 27.3. The van der Waals surface area contributed by atoms with Crippen LogP contribution in [0.5, 0.6) is 0 Å². The molecule has 0 amide bonds. The summed E-state index contributed by atoms with van der Waals surface area (Å²) in [4.78, 5) is -0.141. The van der Waals surface area contributed by atoms with Gasteiger partial charge in [-0.15, -0.1) is 0 Å². The third kappa shape index (κ3) is 7.69. The zero-order valence-corrected chi connectivity index (χ0v) is 23.1. The SMILES string of the molecule is Cc1ccc(S(=O)(=O)OCCN(CCOS(=O)(=O)c2ccc(C)cc2)S(=O)(=O)c2ccc(C)cc2)cc1. The summed E-state index contributed by atoms with van der Waals surface area (Å²) in [6.45, 7) is 3.77. The molecule has 0 unspecified atom stereocenters. The van der Waals surface area contributed by atoms with E-state index in [2.05, 4.69) is 0 Å². The Morgan fingerprint density at radius 3 is 1.14 bits per heavy atom. The van der Waals surface area contributed by atoms with Crippen molar-refractivity contribution < 1.29 is 33.6 Å². The molecule has 0 aliphatic heterocycles. The Hall–Kier alpha value is -2.61. The average molecular weight is 568 g/mol. The quantitative estimate of drug-likeness (QED) is 0.305. The van der Waals surface area contributed by atoms with E-state index in [4.69, 9.17) is 8.37 Å². The van der Waals surface area contributed by atoms with Gasteiger partial charge in [-0.3, -0.25) is 8.37 Å². The Labute approximate surface area is 219 Å². The van der Waals surface area contributed by atoms with Crippen molar-refractivity contribution in [3.63, 3.8) is 0 Å². The highest BCUT2D eigenvalue weighted by Gasteiger charge is 2.26. The Morgan fingerprint density at radius 1 is 0.514 bits per heavy atom. The van der Waals surface area contributed by atoms with Gasteiger partial charge in [0.2, 0.25) is 10.0 Å². The van der Waals surface area contributed by atoms with E-state index in [-0.39, 0.29) is 27.8 Å². The number of hydrogen-bond acceptors (Lipinski definition) is 8. The number of nitrogens with zero attached hydrogens (tertiary/aromatic N) is 1. The predicted octanol–water partition coefficient (Wildman–Crippen LogP) is 3.41. The minimum absolute atomic E-state index is 0.0270. The second-order valence-electron chi connectivity index (χ2n) is 8.40. The van der Waals surface area contributed by atoms with Crippen LogP contribution >= 0.6 is 0 Å². The van der Waals surface area contributed by atoms with Gasteiger partial charge in [0, 0.05) is 13.1 Å². The fraction of sp³-hybridized carbons (Fsp3) is 0.280. The highest BCUT2D eigenvalue weighted by molar-refractivity contribution is 7.89. The van der Waals surface area contributed by atoms with E-state index < -0.39 is 43.5 Å². The van der Waals surface area contributed by atoms with Crippen LogP contribution in [0.3, 0.4) is 0 Å². The fourth-order valence-corrected chi connectivity index (χ4v) is 6.46. The second kappa shape index (κ2) is 11.8. The van der Waals surface area contributed by atoms with E-state index in [1.54, 1.807) is 36.4 Å². The summed E-state index contributed by atoms with van der Waals surface area (Å²) in [5.74, 6) is 0. The minimum Gasteiger partial charge on any atom is -0.265 e. The monoisotopic (exact) mass is 567 g/mol. The van der Waals surface area contributed by atoms with Gasteiger partial charge in [0.15, 0.2) is 0 Å². The van der Waals surface area contributed by atoms with Crippen molar-refractivity contribution in [2.45, 2.75) is 35.5 Å². The molecule has 200 valence electrons. The molecule has 9 nitrogen and oxygen atoms in total. The van der Waals surface area contributed by atoms with E-state index in [1.165, 1.54) is 36.4 Å². The molecule has 0 saturated carbocycles. The van der Waals surface area contributed by atoms with Crippen molar-refractivity contribution in [2.24, 2.45) is 0 Å². The van der Waals surface area contributed by atoms with Gasteiger partial charge < -0.3 is 0 Å². The van der Waals surface area contributed by atoms with Crippen molar-refractivity contribution >= 4 is 30.3 Å². The Morgan fingerprint density at radius 2 is 0.811 bits per heavy atom. The summed E-state index contributed by atoms with van der Waals surface area (Å²) in [7, 11) is -12.4. The van der Waals surface area contributed by atoms with Crippen molar-refractivity contribution in [3.8, 4) is 0 Å². The highest BCUT2D eigenvalue weighted by atomic mass is 32.2. The van der Waals surface area contributed by atoms with Gasteiger partial charge in [-0.05, 0) is 57.2 Å². The van der Waals surface area contributed by atoms with E-state index >= 15 is 0 Å². The third-order valence-corrected chi connectivity index (χ3v) is 10.0. The molecule has 0 fully saturated rings. The van der Waals surface area contributed by atoms with Gasteiger partial charge >= 0.3 is 0 Å². The smallest absolute Gasteiger partial charge is 0.265 e. The van der Waals surface area contributed by atoms with E-state index in [0.717, 1.165) is 21.0 Å². The Kier molecular flexibility index (Phi) is 9.27. The minimum atomic E-state index is -4.12. The van der Waals surface area contributed by atoms with Crippen LogP contribution in [-0.4, -0.2) is 55.9 Å². The summed E-state index contributed by atoms with van der Waals surface area (Å²) < 4.78 is 87.7. The third-order valence-electron chi connectivity index (χ3n) is 5.44. The average Bonchev–Trinajstić information content (AvgIpc) is 2.84. The first-order valence-corrected chi connectivity index (χ1v) is 15.6. The molecule has 0 bridgehead atoms. The molecule has 0 N–H and O–H groups in total. The molecule has 37 heavy (non-hydrogen) atoms. The maximum absolute atomic E-state index is 13.3. The predicted molar refractivity (Wildman–Crippen MR) is 139 cm³/mol. The molecule has 0 aromatic heterocycles. The van der Waals surface area contributed by atoms with Crippen molar-refractivity contribution in [1.82, 2.24) is 4.31 Å². The van der Waals surface area contributed by atoms with Crippen LogP contribution in [0.15, 0.2) is 87.5 Å². The Balaban J connectivity index is 1.75. The first-order valence-electron chi connectivity index (χ1n) is 11.3. The van der Waals surface area contributed by atoms with Crippen LogP contribution < -0.4 is 0 Å². The van der Waals surface area contributed by atoms with Crippen LogP contribution in [0.2, 0.25) is 0 Å². The molecule has 0 spiro atoms. The molecule has 0 aliphatic rings. The number of hydrogen-bond donors (Lipinski definition) is 0. The van der Waals surface area contributed by atoms with Gasteiger partial charge in [-0.25, -0.2) is 8.42 Å². The molecule has 12 heteroatoms. The first-order chi connectivity index (χ1) is 17.3. The van der Waals surface area contributed by atoms with Gasteiger partial charge in [-0.1, -0.05) is 53.1 Å². The zero-order valence-electron chi connectivity index (χ0n) is 20.7. The maximum atomic E-state index is 13.3. The van der Waals surface area contributed by atoms with E-state index in [0.29, 0.717) is 0 Å². The number of aryl methyl sites for hydroxylation is 3. The van der Waals surface area contributed by atoms with E-state index in [9.17, 15) is 25.3 Å². The molecule has 0 saturated heterocycles. The lowest BCUT2D eigenvalue weighted by atomic mass is 10.2. The lowest BCUT2D eigenvalue weighted by Gasteiger charge is -2.22. The second-order valence-corrected chi connectivity index (χ2v) is 13.6. The molecular formula is C25H29NO8S3. The molecule has 3 aromatic rings. The molecule has 0 atom stereocenters. The summed E-state index contributed by atoms with van der Waals surface area (Å²) in [5.41, 5.74) is 2.59. The molecule has 0 aliphatic carbocycles. The summed E-state index contributed by atoms with van der Waals surface area (Å²) in [6.07, 6.45) is 0. The Bertz CT molecular complexity index is 1430. The van der Waals surface area contributed by atoms with Crippen LogP contribution in [0, 0.1) is 20.8 Å². The van der Waals surface area contributed by atoms with Gasteiger partial charge in [0.05, 0.1) is 27.9 Å². The number of rotatable bonds is 12. The fourth-order valence-electron chi connectivity index (χ4n) is 3.26. The first kappa shape index (κ1) is 29.0. The standard InChI is InChI=1S/C25H29NO8S3/c1-20-4-10-23(11-5-20)35(27,28)26(16-18-33-36(29,30)24-12-6-21(2)7-13-24)17-19-34-37(31,32)25-14-8-22(3)9-15-25/h4-15H,16-19H2,1-3H3. The summed E-state index contributed by atoms with van der Waals surface area (Å²) >= 11 is 0. The molecule has 0 heterocycles. The van der Waals surface area contributed by atoms with Gasteiger partial charge in [0.1, 0.15) is 0 Å². The molecule has 3 rings (SSSR count). The van der Waals surface area contributed by atoms with Crippen LogP contribution in [-0.2, 0) is 38.6 Å². The van der Waals surface area contributed by atoms with E-state index in [1.807, 2.05) is 20.8 Å². The number of benzene rings is 3. The molecular weight excluding hydrogens is 538 g/mol.